The molecule has 0 radical (unpaired) electrons. The van der Waals surface area contributed by atoms with Gasteiger partial charge in [-0.1, -0.05) is 25.9 Å². The van der Waals surface area contributed by atoms with Crippen LogP contribution in [-0.4, -0.2) is 34.9 Å². The molecule has 3 N–H and O–H groups in total. The molecule has 0 aromatic heterocycles. The molecule has 17 heavy (non-hydrogen) atoms. The van der Waals surface area contributed by atoms with E-state index in [9.17, 15) is 4.79 Å². The van der Waals surface area contributed by atoms with Gasteiger partial charge in [0.2, 0.25) is 5.91 Å². The quantitative estimate of drug-likeness (QED) is 0.309. The fraction of sp³-hybridized carbons (Fsp3) is 0.833. The van der Waals surface area contributed by atoms with Crippen molar-refractivity contribution >= 4 is 11.7 Å². The Morgan fingerprint density at radius 2 is 2.00 bits per heavy atom. The molecule has 0 saturated carbocycles. The molecule has 0 aliphatic heterocycles. The number of nitrogens with two attached hydrogens (primary N) is 1. The van der Waals surface area contributed by atoms with Crippen LogP contribution in [0.4, 0.5) is 0 Å². The summed E-state index contributed by atoms with van der Waals surface area (Å²) in [6, 6.07) is 0. The molecular weight excluding hydrogens is 218 g/mol. The van der Waals surface area contributed by atoms with Crippen LogP contribution in [0.1, 0.15) is 40.5 Å². The number of oxime groups is 1. The van der Waals surface area contributed by atoms with Gasteiger partial charge in [0.25, 0.3) is 0 Å². The molecule has 5 heteroatoms. The largest absolute Gasteiger partial charge is 0.409 e. The average molecular weight is 243 g/mol. The minimum absolute atomic E-state index is 0.122. The Morgan fingerprint density at radius 1 is 1.41 bits per heavy atom. The Bertz CT molecular complexity index is 264. The monoisotopic (exact) mass is 243 g/mol. The third kappa shape index (κ3) is 6.14. The first-order valence-electron chi connectivity index (χ1n) is 6.17. The van der Waals surface area contributed by atoms with Gasteiger partial charge in [0, 0.05) is 25.4 Å². The van der Waals surface area contributed by atoms with Crippen LogP contribution >= 0.6 is 0 Å². The molecule has 0 aliphatic carbocycles. The summed E-state index contributed by atoms with van der Waals surface area (Å²) in [5.41, 5.74) is 5.50. The molecule has 5 nitrogen and oxygen atoms in total. The molecule has 1 atom stereocenters. The van der Waals surface area contributed by atoms with Crippen LogP contribution in [0.2, 0.25) is 0 Å². The zero-order valence-electron chi connectivity index (χ0n) is 11.3. The second kappa shape index (κ2) is 7.92. The Kier molecular flexibility index (Phi) is 7.34. The minimum Gasteiger partial charge on any atom is -0.409 e. The SMILES string of the molecule is CCN(CC(C)/C(N)=N/O)C(=O)CCC(C)C. The number of carbonyl (C=O) groups excluding carboxylic acids is 1. The fourth-order valence-corrected chi connectivity index (χ4v) is 1.50. The molecule has 0 rings (SSSR count). The summed E-state index contributed by atoms with van der Waals surface area (Å²) in [4.78, 5) is 13.7. The Morgan fingerprint density at radius 3 is 2.41 bits per heavy atom. The van der Waals surface area contributed by atoms with E-state index in [0.29, 0.717) is 25.4 Å². The number of hydrogen-bond donors (Lipinski definition) is 2. The van der Waals surface area contributed by atoms with Crippen LogP contribution in [-0.2, 0) is 4.79 Å². The summed E-state index contributed by atoms with van der Waals surface area (Å²) in [6.45, 7) is 9.13. The predicted octanol–water partition coefficient (Wildman–Crippen LogP) is 1.65. The van der Waals surface area contributed by atoms with Crippen molar-refractivity contribution in [1.82, 2.24) is 4.90 Å². The van der Waals surface area contributed by atoms with Crippen molar-refractivity contribution in [2.45, 2.75) is 40.5 Å². The zero-order chi connectivity index (χ0) is 13.4. The number of amides is 1. The van der Waals surface area contributed by atoms with Gasteiger partial charge in [0.05, 0.1) is 0 Å². The second-order valence-electron chi connectivity index (χ2n) is 4.79. The van der Waals surface area contributed by atoms with E-state index in [1.165, 1.54) is 0 Å². The van der Waals surface area contributed by atoms with Crippen LogP contribution in [0.3, 0.4) is 0 Å². The van der Waals surface area contributed by atoms with Crippen LogP contribution in [0, 0.1) is 11.8 Å². The Hall–Kier alpha value is -1.26. The summed E-state index contributed by atoms with van der Waals surface area (Å²) in [7, 11) is 0. The number of hydrogen-bond acceptors (Lipinski definition) is 3. The van der Waals surface area contributed by atoms with Crippen molar-refractivity contribution < 1.29 is 10.0 Å². The summed E-state index contributed by atoms with van der Waals surface area (Å²) >= 11 is 0. The third-order valence-electron chi connectivity index (χ3n) is 2.78. The fourth-order valence-electron chi connectivity index (χ4n) is 1.50. The molecule has 0 aromatic rings. The van der Waals surface area contributed by atoms with E-state index in [1.54, 1.807) is 4.90 Å². The standard InChI is InChI=1S/C12H25N3O2/c1-5-15(8-10(4)12(13)14-17)11(16)7-6-9(2)3/h9-10,17H,5-8H2,1-4H3,(H2,13,14). The molecule has 0 bridgehead atoms. The first-order valence-corrected chi connectivity index (χ1v) is 6.17. The second-order valence-corrected chi connectivity index (χ2v) is 4.79. The van der Waals surface area contributed by atoms with E-state index in [-0.39, 0.29) is 17.7 Å². The van der Waals surface area contributed by atoms with Crippen LogP contribution in [0.25, 0.3) is 0 Å². The normalized spacial score (nSPS) is 13.8. The molecule has 0 heterocycles. The minimum atomic E-state index is -0.122. The Balaban J connectivity index is 4.27. The highest BCUT2D eigenvalue weighted by molar-refractivity contribution is 5.83. The smallest absolute Gasteiger partial charge is 0.222 e. The van der Waals surface area contributed by atoms with E-state index in [4.69, 9.17) is 10.9 Å². The van der Waals surface area contributed by atoms with E-state index < -0.39 is 0 Å². The van der Waals surface area contributed by atoms with E-state index in [1.807, 2.05) is 13.8 Å². The first kappa shape index (κ1) is 15.7. The number of carbonyl (C=O) groups is 1. The van der Waals surface area contributed by atoms with Gasteiger partial charge in [-0.15, -0.1) is 0 Å². The van der Waals surface area contributed by atoms with Crippen LogP contribution < -0.4 is 5.73 Å². The summed E-state index contributed by atoms with van der Waals surface area (Å²) in [5, 5.41) is 11.5. The third-order valence-corrected chi connectivity index (χ3v) is 2.78. The van der Waals surface area contributed by atoms with Gasteiger partial charge >= 0.3 is 0 Å². The van der Waals surface area contributed by atoms with E-state index in [0.717, 1.165) is 6.42 Å². The molecule has 0 aromatic carbocycles. The van der Waals surface area contributed by atoms with Crippen molar-refractivity contribution in [2.24, 2.45) is 22.7 Å². The molecule has 0 spiro atoms. The molecule has 1 amide bonds. The van der Waals surface area contributed by atoms with Gasteiger partial charge in [-0.2, -0.15) is 0 Å². The predicted molar refractivity (Wildman–Crippen MR) is 68.9 cm³/mol. The molecule has 1 unspecified atom stereocenters. The number of nitrogens with zero attached hydrogens (tertiary/aromatic N) is 2. The lowest BCUT2D eigenvalue weighted by Crippen LogP contribution is -2.38. The van der Waals surface area contributed by atoms with E-state index in [2.05, 4.69) is 19.0 Å². The zero-order valence-corrected chi connectivity index (χ0v) is 11.3. The topological polar surface area (TPSA) is 78.9 Å². The maximum atomic E-state index is 11.9. The van der Waals surface area contributed by atoms with Gasteiger partial charge < -0.3 is 15.8 Å². The van der Waals surface area contributed by atoms with E-state index >= 15 is 0 Å². The van der Waals surface area contributed by atoms with Gasteiger partial charge in [-0.25, -0.2) is 0 Å². The summed E-state index contributed by atoms with van der Waals surface area (Å²) in [5.74, 6) is 0.709. The van der Waals surface area contributed by atoms with Crippen molar-refractivity contribution in [3.63, 3.8) is 0 Å². The molecule has 0 saturated heterocycles. The number of rotatable bonds is 7. The molecule has 0 fully saturated rings. The average Bonchev–Trinajstić information content (AvgIpc) is 2.31. The summed E-state index contributed by atoms with van der Waals surface area (Å²) in [6.07, 6.45) is 1.46. The van der Waals surface area contributed by atoms with Gasteiger partial charge in [-0.3, -0.25) is 4.79 Å². The van der Waals surface area contributed by atoms with Gasteiger partial charge in [0.15, 0.2) is 0 Å². The van der Waals surface area contributed by atoms with Crippen molar-refractivity contribution in [1.29, 1.82) is 0 Å². The highest BCUT2D eigenvalue weighted by atomic mass is 16.4. The Labute approximate surface area is 104 Å². The highest BCUT2D eigenvalue weighted by Crippen LogP contribution is 2.08. The lowest BCUT2D eigenvalue weighted by Gasteiger charge is -2.24. The molecular formula is C12H25N3O2. The van der Waals surface area contributed by atoms with Crippen molar-refractivity contribution in [3.8, 4) is 0 Å². The van der Waals surface area contributed by atoms with Gasteiger partial charge in [0.1, 0.15) is 5.84 Å². The van der Waals surface area contributed by atoms with Crippen molar-refractivity contribution in [2.75, 3.05) is 13.1 Å². The molecule has 100 valence electrons. The molecule has 0 aliphatic rings. The lowest BCUT2D eigenvalue weighted by molar-refractivity contribution is -0.131. The number of amidine groups is 1. The lowest BCUT2D eigenvalue weighted by atomic mass is 10.1. The van der Waals surface area contributed by atoms with Crippen LogP contribution in [0.5, 0.6) is 0 Å². The first-order chi connectivity index (χ1) is 7.92. The van der Waals surface area contributed by atoms with Crippen molar-refractivity contribution in [3.05, 3.63) is 0 Å². The van der Waals surface area contributed by atoms with Gasteiger partial charge in [-0.05, 0) is 19.3 Å². The maximum Gasteiger partial charge on any atom is 0.222 e. The highest BCUT2D eigenvalue weighted by Gasteiger charge is 2.17. The van der Waals surface area contributed by atoms with Crippen LogP contribution in [0.15, 0.2) is 5.16 Å². The summed E-state index contributed by atoms with van der Waals surface area (Å²) < 4.78 is 0. The maximum absolute atomic E-state index is 11.9.